The molecule has 0 aliphatic carbocycles. The molecule has 0 bridgehead atoms. The lowest BCUT2D eigenvalue weighted by atomic mass is 10.1. The molecule has 0 radical (unpaired) electrons. The monoisotopic (exact) mass is 351 g/mol. The second-order valence-corrected chi connectivity index (χ2v) is 5.83. The number of para-hydroxylation sites is 1. The number of pyridine rings is 1. The second-order valence-electron chi connectivity index (χ2n) is 5.83. The summed E-state index contributed by atoms with van der Waals surface area (Å²) in [6.07, 6.45) is 0. The number of nitro benzene ring substituents is 1. The lowest BCUT2D eigenvalue weighted by molar-refractivity contribution is -0.384. The molecule has 0 fully saturated rings. The Kier molecular flexibility index (Phi) is 4.79. The maximum Gasteiger partial charge on any atom is 0.269 e. The quantitative estimate of drug-likeness (QED) is 0.564. The van der Waals surface area contributed by atoms with Crippen LogP contribution in [0.5, 0.6) is 0 Å². The highest BCUT2D eigenvalue weighted by Gasteiger charge is 2.17. The van der Waals surface area contributed by atoms with Gasteiger partial charge in [0.05, 0.1) is 11.5 Å². The van der Waals surface area contributed by atoms with E-state index in [0.29, 0.717) is 17.7 Å². The minimum absolute atomic E-state index is 0.0735. The van der Waals surface area contributed by atoms with E-state index in [2.05, 4.69) is 4.98 Å². The number of aromatic nitrogens is 1. The average molecular weight is 351 g/mol. The molecule has 2 aromatic carbocycles. The van der Waals surface area contributed by atoms with E-state index >= 15 is 0 Å². The molecule has 132 valence electrons. The zero-order valence-electron chi connectivity index (χ0n) is 14.1. The molecule has 0 aliphatic heterocycles. The molecular formula is C19H17N3O4. The van der Waals surface area contributed by atoms with Crippen molar-refractivity contribution in [1.29, 1.82) is 0 Å². The van der Waals surface area contributed by atoms with Crippen molar-refractivity contribution in [3.63, 3.8) is 0 Å². The predicted octanol–water partition coefficient (Wildman–Crippen LogP) is 3.10. The van der Waals surface area contributed by atoms with E-state index in [-0.39, 0.29) is 23.7 Å². The van der Waals surface area contributed by atoms with Crippen molar-refractivity contribution in [3.05, 3.63) is 86.2 Å². The molecule has 0 aliphatic rings. The number of benzene rings is 2. The summed E-state index contributed by atoms with van der Waals surface area (Å²) < 4.78 is 0. The molecule has 0 saturated heterocycles. The van der Waals surface area contributed by atoms with E-state index in [4.69, 9.17) is 0 Å². The van der Waals surface area contributed by atoms with E-state index in [1.807, 2.05) is 31.2 Å². The van der Waals surface area contributed by atoms with Crippen molar-refractivity contribution in [2.24, 2.45) is 0 Å². The van der Waals surface area contributed by atoms with Crippen LogP contribution >= 0.6 is 0 Å². The van der Waals surface area contributed by atoms with Crippen molar-refractivity contribution in [3.8, 4) is 0 Å². The molecule has 1 N–H and O–H groups in total. The summed E-state index contributed by atoms with van der Waals surface area (Å²) in [5, 5.41) is 11.6. The Balaban J connectivity index is 1.87. The Labute approximate surface area is 149 Å². The number of nitrogens with one attached hydrogen (secondary N) is 1. The smallest absolute Gasteiger partial charge is 0.269 e. The van der Waals surface area contributed by atoms with Gasteiger partial charge in [-0.3, -0.25) is 19.7 Å². The van der Waals surface area contributed by atoms with E-state index in [9.17, 15) is 19.7 Å². The topological polar surface area (TPSA) is 96.3 Å². The lowest BCUT2D eigenvalue weighted by Gasteiger charge is -2.21. The highest BCUT2D eigenvalue weighted by molar-refractivity contribution is 5.94. The van der Waals surface area contributed by atoms with E-state index < -0.39 is 4.92 Å². The van der Waals surface area contributed by atoms with Gasteiger partial charge in [-0.25, -0.2) is 0 Å². The Morgan fingerprint density at radius 3 is 2.50 bits per heavy atom. The van der Waals surface area contributed by atoms with E-state index in [1.165, 1.54) is 29.2 Å². The third-order valence-electron chi connectivity index (χ3n) is 4.19. The summed E-state index contributed by atoms with van der Waals surface area (Å²) in [5.41, 5.74) is 1.26. The maximum absolute atomic E-state index is 12.7. The van der Waals surface area contributed by atoms with Crippen LogP contribution in [0.4, 0.5) is 5.69 Å². The molecule has 3 aromatic rings. The minimum Gasteiger partial charge on any atom is -0.334 e. The number of non-ortho nitro benzene ring substituents is 1. The molecule has 7 heteroatoms. The van der Waals surface area contributed by atoms with Gasteiger partial charge in [0, 0.05) is 35.3 Å². The van der Waals surface area contributed by atoms with E-state index in [0.717, 1.165) is 10.9 Å². The van der Waals surface area contributed by atoms with Crippen molar-refractivity contribution >= 4 is 22.5 Å². The van der Waals surface area contributed by atoms with Gasteiger partial charge in [0.1, 0.15) is 0 Å². The average Bonchev–Trinajstić information content (AvgIpc) is 2.65. The number of carbonyl (C=O) groups excluding carboxylic acids is 1. The first-order valence-corrected chi connectivity index (χ1v) is 8.14. The molecule has 0 saturated carbocycles. The van der Waals surface area contributed by atoms with Crippen LogP contribution in [0, 0.1) is 10.1 Å². The van der Waals surface area contributed by atoms with Gasteiger partial charge in [0.2, 0.25) is 0 Å². The number of hydrogen-bond acceptors (Lipinski definition) is 4. The number of nitro groups is 1. The molecule has 1 aromatic heterocycles. The molecular weight excluding hydrogens is 334 g/mol. The van der Waals surface area contributed by atoms with Crippen molar-refractivity contribution < 1.29 is 9.72 Å². The fourth-order valence-electron chi connectivity index (χ4n) is 2.75. The summed E-state index contributed by atoms with van der Waals surface area (Å²) in [5.74, 6) is -0.282. The number of rotatable bonds is 5. The Morgan fingerprint density at radius 2 is 1.85 bits per heavy atom. The number of fused-ring (bicyclic) bond motifs is 1. The number of hydrogen-bond donors (Lipinski definition) is 1. The summed E-state index contributed by atoms with van der Waals surface area (Å²) in [6.45, 7) is 2.38. The van der Waals surface area contributed by atoms with Gasteiger partial charge in [-0.05, 0) is 36.6 Å². The summed E-state index contributed by atoms with van der Waals surface area (Å²) in [6, 6.07) is 14.6. The number of amides is 1. The molecule has 1 heterocycles. The fraction of sp³-hybridized carbons (Fsp3) is 0.158. The minimum atomic E-state index is -0.513. The molecule has 0 unspecified atom stereocenters. The first kappa shape index (κ1) is 17.3. The van der Waals surface area contributed by atoms with Crippen molar-refractivity contribution in [2.75, 3.05) is 6.54 Å². The second kappa shape index (κ2) is 7.18. The summed E-state index contributed by atoms with van der Waals surface area (Å²) in [4.78, 5) is 39.5. The molecule has 26 heavy (non-hydrogen) atoms. The van der Waals surface area contributed by atoms with Crippen LogP contribution in [-0.2, 0) is 6.54 Å². The van der Waals surface area contributed by atoms with Crippen LogP contribution in [0.1, 0.15) is 22.8 Å². The van der Waals surface area contributed by atoms with Crippen molar-refractivity contribution in [1.82, 2.24) is 9.88 Å². The third-order valence-corrected chi connectivity index (χ3v) is 4.19. The molecule has 0 atom stereocenters. The standard InChI is InChI=1S/C19H17N3O4/c1-2-21(19(24)13-7-9-16(10-8-13)22(25)26)12-15-11-14-5-3-4-6-17(14)20-18(15)23/h3-11H,2,12H2,1H3,(H,20,23). The summed E-state index contributed by atoms with van der Waals surface area (Å²) in [7, 11) is 0. The van der Waals surface area contributed by atoms with Crippen LogP contribution < -0.4 is 5.56 Å². The van der Waals surface area contributed by atoms with Gasteiger partial charge >= 0.3 is 0 Å². The maximum atomic E-state index is 12.7. The lowest BCUT2D eigenvalue weighted by Crippen LogP contribution is -2.32. The largest absolute Gasteiger partial charge is 0.334 e. The Hall–Kier alpha value is -3.48. The first-order valence-electron chi connectivity index (χ1n) is 8.14. The first-order chi connectivity index (χ1) is 12.5. The van der Waals surface area contributed by atoms with Crippen molar-refractivity contribution in [2.45, 2.75) is 13.5 Å². The fourth-order valence-corrected chi connectivity index (χ4v) is 2.75. The zero-order valence-corrected chi connectivity index (χ0v) is 14.1. The number of carbonyl (C=O) groups is 1. The van der Waals surface area contributed by atoms with Crippen LogP contribution in [0.25, 0.3) is 10.9 Å². The molecule has 7 nitrogen and oxygen atoms in total. The van der Waals surface area contributed by atoms with Gasteiger partial charge in [-0.2, -0.15) is 0 Å². The summed E-state index contributed by atoms with van der Waals surface area (Å²) >= 11 is 0. The third kappa shape index (κ3) is 3.46. The van der Waals surface area contributed by atoms with Gasteiger partial charge in [-0.1, -0.05) is 18.2 Å². The SMILES string of the molecule is CCN(Cc1cc2ccccc2[nH]c1=O)C(=O)c1ccc([N+](=O)[O-])cc1. The molecule has 0 spiro atoms. The van der Waals surface area contributed by atoms with Crippen LogP contribution in [0.15, 0.2) is 59.4 Å². The number of nitrogens with zero attached hydrogens (tertiary/aromatic N) is 2. The van der Waals surface area contributed by atoms with Gasteiger partial charge in [0.25, 0.3) is 17.2 Å². The van der Waals surface area contributed by atoms with Crippen LogP contribution in [-0.4, -0.2) is 27.3 Å². The highest BCUT2D eigenvalue weighted by Crippen LogP contribution is 2.16. The zero-order chi connectivity index (χ0) is 18.7. The normalized spacial score (nSPS) is 10.7. The van der Waals surface area contributed by atoms with E-state index in [1.54, 1.807) is 6.07 Å². The highest BCUT2D eigenvalue weighted by atomic mass is 16.6. The van der Waals surface area contributed by atoms with Crippen LogP contribution in [0.3, 0.4) is 0 Å². The Bertz CT molecular complexity index is 1020. The van der Waals surface area contributed by atoms with Gasteiger partial charge < -0.3 is 9.88 Å². The number of aromatic amines is 1. The van der Waals surface area contributed by atoms with Gasteiger partial charge in [-0.15, -0.1) is 0 Å². The molecule has 1 amide bonds. The number of H-pyrrole nitrogens is 1. The molecule has 3 rings (SSSR count). The van der Waals surface area contributed by atoms with Crippen LogP contribution in [0.2, 0.25) is 0 Å². The predicted molar refractivity (Wildman–Crippen MR) is 98.1 cm³/mol. The Morgan fingerprint density at radius 1 is 1.15 bits per heavy atom. The van der Waals surface area contributed by atoms with Gasteiger partial charge in [0.15, 0.2) is 0 Å².